The molecule has 28 heavy (non-hydrogen) atoms. The number of alkyl halides is 1. The van der Waals surface area contributed by atoms with Crippen LogP contribution in [-0.2, 0) is 4.74 Å². The maximum Gasteiger partial charge on any atom is 0.103 e. The van der Waals surface area contributed by atoms with Gasteiger partial charge in [-0.25, -0.2) is 4.39 Å². The molecule has 5 heteroatoms. The number of hydrogen-bond donors (Lipinski definition) is 1. The molecular formula is C23H45ClFNO2. The van der Waals surface area contributed by atoms with Crippen molar-refractivity contribution in [1.82, 2.24) is 4.90 Å². The van der Waals surface area contributed by atoms with Crippen molar-refractivity contribution in [2.45, 2.75) is 97.8 Å². The zero-order chi connectivity index (χ0) is 21.4. The molecule has 0 bridgehead atoms. The molecule has 1 rings (SSSR count). The first-order valence-electron chi connectivity index (χ1n) is 11.2. The van der Waals surface area contributed by atoms with Crippen LogP contribution >= 0.6 is 11.6 Å². The monoisotopic (exact) mass is 421 g/mol. The van der Waals surface area contributed by atoms with Gasteiger partial charge < -0.3 is 14.7 Å². The molecule has 0 amide bonds. The van der Waals surface area contributed by atoms with Crippen molar-refractivity contribution in [1.29, 1.82) is 0 Å². The number of halogens is 2. The number of methoxy groups -OCH3 is 1. The Morgan fingerprint density at radius 1 is 1.21 bits per heavy atom. The van der Waals surface area contributed by atoms with Crippen LogP contribution in [0, 0.1) is 5.41 Å². The molecule has 0 spiro atoms. The molecule has 2 atom stereocenters. The van der Waals surface area contributed by atoms with E-state index in [1.54, 1.807) is 7.11 Å². The molecule has 0 radical (unpaired) electrons. The molecule has 1 fully saturated rings. The molecule has 0 saturated carbocycles. The second-order valence-electron chi connectivity index (χ2n) is 8.31. The highest BCUT2D eigenvalue weighted by molar-refractivity contribution is 6.30. The summed E-state index contributed by atoms with van der Waals surface area (Å²) in [7, 11) is 1.57. The van der Waals surface area contributed by atoms with Crippen LogP contribution in [0.1, 0.15) is 85.5 Å². The largest absolute Gasteiger partial charge is 0.389 e. The van der Waals surface area contributed by atoms with E-state index in [-0.39, 0.29) is 5.41 Å². The molecule has 1 aliphatic rings. The van der Waals surface area contributed by atoms with Crippen LogP contribution in [0.25, 0.3) is 0 Å². The molecule has 0 aromatic rings. The summed E-state index contributed by atoms with van der Waals surface area (Å²) in [4.78, 5) is 2.08. The van der Waals surface area contributed by atoms with Gasteiger partial charge in [0, 0.05) is 37.2 Å². The number of piperidine rings is 1. The summed E-state index contributed by atoms with van der Waals surface area (Å²) >= 11 is 6.41. The predicted octanol–water partition coefficient (Wildman–Crippen LogP) is 6.33. The Kier molecular flexibility index (Phi) is 16.5. The summed E-state index contributed by atoms with van der Waals surface area (Å²) in [6.45, 7) is 11.4. The van der Waals surface area contributed by atoms with Crippen LogP contribution in [-0.4, -0.2) is 55.6 Å². The summed E-state index contributed by atoms with van der Waals surface area (Å²) in [6, 6.07) is 0. The summed E-state index contributed by atoms with van der Waals surface area (Å²) < 4.78 is 17.5. The lowest BCUT2D eigenvalue weighted by Gasteiger charge is -2.29. The first kappa shape index (κ1) is 27.8. The zero-order valence-electron chi connectivity index (χ0n) is 19.0. The van der Waals surface area contributed by atoms with Crippen molar-refractivity contribution in [3.8, 4) is 0 Å². The number of rotatable bonds is 12. The van der Waals surface area contributed by atoms with Gasteiger partial charge in [0.05, 0.1) is 12.7 Å². The topological polar surface area (TPSA) is 32.7 Å². The minimum atomic E-state index is -0.643. The number of aliphatic hydroxyl groups excluding tert-OH is 1. The molecule has 1 N–H and O–H groups in total. The smallest absolute Gasteiger partial charge is 0.103 e. The Balaban J connectivity index is 0.000000525. The maximum atomic E-state index is 12.7. The average molecular weight is 422 g/mol. The number of nitrogens with zero attached hydrogens (tertiary/aromatic N) is 1. The molecular weight excluding hydrogens is 377 g/mol. The van der Waals surface area contributed by atoms with E-state index < -0.39 is 12.3 Å². The minimum Gasteiger partial charge on any atom is -0.389 e. The zero-order valence-corrected chi connectivity index (χ0v) is 19.7. The third-order valence-corrected chi connectivity index (χ3v) is 6.05. The number of allylic oxidation sites excluding steroid dienone is 2. The highest BCUT2D eigenvalue weighted by Crippen LogP contribution is 2.40. The van der Waals surface area contributed by atoms with Crippen molar-refractivity contribution in [3.63, 3.8) is 0 Å². The molecule has 3 nitrogen and oxygen atoms in total. The molecule has 1 saturated heterocycles. The van der Waals surface area contributed by atoms with Crippen LogP contribution < -0.4 is 0 Å². The molecule has 1 heterocycles. The summed E-state index contributed by atoms with van der Waals surface area (Å²) in [5.41, 5.74) is 0.238. The fourth-order valence-corrected chi connectivity index (χ4v) is 4.08. The van der Waals surface area contributed by atoms with Gasteiger partial charge in [0.2, 0.25) is 0 Å². The van der Waals surface area contributed by atoms with Crippen molar-refractivity contribution in [2.24, 2.45) is 5.41 Å². The minimum absolute atomic E-state index is 0.238. The van der Waals surface area contributed by atoms with E-state index >= 15 is 0 Å². The van der Waals surface area contributed by atoms with Gasteiger partial charge >= 0.3 is 0 Å². The Hall–Kier alpha value is -0.160. The molecule has 0 aromatic carbocycles. The number of β-amino-alcohol motifs (C(OH)–C–C–N with tert-alkyl or cyclic N) is 1. The van der Waals surface area contributed by atoms with Gasteiger partial charge in [-0.15, -0.1) is 0 Å². The lowest BCUT2D eigenvalue weighted by atomic mass is 9.80. The van der Waals surface area contributed by atoms with Gasteiger partial charge in [-0.2, -0.15) is 0 Å². The third-order valence-electron chi connectivity index (χ3n) is 5.44. The van der Waals surface area contributed by atoms with Crippen LogP contribution in [0.4, 0.5) is 4.39 Å². The summed E-state index contributed by atoms with van der Waals surface area (Å²) in [5.74, 6) is 0. The second-order valence-corrected chi connectivity index (χ2v) is 8.72. The van der Waals surface area contributed by atoms with Gasteiger partial charge in [0.1, 0.15) is 6.17 Å². The normalized spacial score (nSPS) is 19.6. The summed E-state index contributed by atoms with van der Waals surface area (Å²) in [5, 5.41) is 10.5. The lowest BCUT2D eigenvalue weighted by molar-refractivity contribution is 0.0268. The third kappa shape index (κ3) is 12.4. The van der Waals surface area contributed by atoms with E-state index in [4.69, 9.17) is 16.3 Å². The van der Waals surface area contributed by atoms with Gasteiger partial charge in [-0.3, -0.25) is 0 Å². The molecule has 2 unspecified atom stereocenters. The van der Waals surface area contributed by atoms with Gasteiger partial charge in [0.25, 0.3) is 0 Å². The number of aliphatic hydroxyl groups is 1. The Morgan fingerprint density at radius 3 is 2.36 bits per heavy atom. The van der Waals surface area contributed by atoms with Crippen LogP contribution in [0.5, 0.6) is 0 Å². The molecule has 0 aromatic heterocycles. The summed E-state index contributed by atoms with van der Waals surface area (Å²) in [6.07, 6.45) is 10.9. The van der Waals surface area contributed by atoms with Crippen molar-refractivity contribution >= 4 is 11.6 Å². The van der Waals surface area contributed by atoms with E-state index in [0.717, 1.165) is 24.5 Å². The number of ether oxygens (including phenoxy) is 1. The second kappa shape index (κ2) is 16.6. The van der Waals surface area contributed by atoms with E-state index in [2.05, 4.69) is 38.7 Å². The molecule has 1 aliphatic heterocycles. The first-order valence-corrected chi connectivity index (χ1v) is 11.6. The van der Waals surface area contributed by atoms with Crippen molar-refractivity contribution < 1.29 is 14.2 Å². The van der Waals surface area contributed by atoms with E-state index in [1.165, 1.54) is 38.5 Å². The fourth-order valence-electron chi connectivity index (χ4n) is 3.73. The maximum absolute atomic E-state index is 12.7. The Bertz CT molecular complexity index is 400. The van der Waals surface area contributed by atoms with Crippen molar-refractivity contribution in [3.05, 3.63) is 11.1 Å². The van der Waals surface area contributed by atoms with Crippen LogP contribution in [0.3, 0.4) is 0 Å². The van der Waals surface area contributed by atoms with E-state index in [1.807, 2.05) is 0 Å². The molecule has 0 aliphatic carbocycles. The van der Waals surface area contributed by atoms with Gasteiger partial charge in [0.15, 0.2) is 0 Å². The average Bonchev–Trinajstić information content (AvgIpc) is 2.65. The van der Waals surface area contributed by atoms with Crippen LogP contribution in [0.15, 0.2) is 11.1 Å². The fraction of sp³-hybridized carbons (Fsp3) is 0.913. The molecule has 168 valence electrons. The quantitative estimate of drug-likeness (QED) is 0.373. The Morgan fingerprint density at radius 2 is 1.86 bits per heavy atom. The number of unbranched alkanes of at least 4 members (excludes halogenated alkanes) is 2. The first-order chi connectivity index (χ1) is 13.3. The standard InChI is InChI=1S/C14H27Cl.C9H18FNO2/c1-5-8-9-12-14(4,11-7-3)13(15)10-6-2;1-13-7-9(12)6-11-4-2-8(10)3-5-11/h10H,5-9,11-12H2,1-4H3;8-9,12H,2-7H2,1H3/b13-10+;. The van der Waals surface area contributed by atoms with Crippen molar-refractivity contribution in [2.75, 3.05) is 33.4 Å². The van der Waals surface area contributed by atoms with Gasteiger partial charge in [-0.05, 0) is 32.1 Å². The van der Waals surface area contributed by atoms with Gasteiger partial charge in [-0.1, -0.05) is 71.1 Å². The van der Waals surface area contributed by atoms with E-state index in [0.29, 0.717) is 26.0 Å². The van der Waals surface area contributed by atoms with Crippen LogP contribution in [0.2, 0.25) is 0 Å². The highest BCUT2D eigenvalue weighted by Gasteiger charge is 2.26. The van der Waals surface area contributed by atoms with E-state index in [9.17, 15) is 9.50 Å². The number of hydrogen-bond acceptors (Lipinski definition) is 3. The predicted molar refractivity (Wildman–Crippen MR) is 120 cm³/mol. The lowest BCUT2D eigenvalue weighted by Crippen LogP contribution is -2.40. The highest BCUT2D eigenvalue weighted by atomic mass is 35.5. The Labute approximate surface area is 178 Å². The number of likely N-dealkylation sites (tertiary alicyclic amines) is 1. The SMILES string of the molecule is CC/C=C(/Cl)C(C)(CCC)CCCCC.COCC(O)CN1CCC(F)CC1.